The number of ketones is 1. The first-order valence-corrected chi connectivity index (χ1v) is 4.83. The maximum Gasteiger partial charge on any atom is 0.319 e. The second-order valence-corrected chi connectivity index (χ2v) is 4.03. The lowest BCUT2D eigenvalue weighted by atomic mass is 9.96. The minimum atomic E-state index is -0.703. The minimum Gasteiger partial charge on any atom is -0.468 e. The van der Waals surface area contributed by atoms with Crippen LogP contribution < -0.4 is 0 Å². The van der Waals surface area contributed by atoms with E-state index in [9.17, 15) is 9.59 Å². The average molecular weight is 182 g/mol. The quantitative estimate of drug-likeness (QED) is 0.453. The molecule has 0 radical (unpaired) electrons. The largest absolute Gasteiger partial charge is 0.468 e. The Balaban J connectivity index is 2.21. The molecule has 2 atom stereocenters. The van der Waals surface area contributed by atoms with Crippen molar-refractivity contribution in [2.24, 2.45) is 11.3 Å². The second-order valence-electron chi connectivity index (χ2n) is 4.03. The lowest BCUT2D eigenvalue weighted by Crippen LogP contribution is -2.28. The van der Waals surface area contributed by atoms with Crippen molar-refractivity contribution in [3.63, 3.8) is 0 Å². The van der Waals surface area contributed by atoms with Gasteiger partial charge in [0.1, 0.15) is 11.2 Å². The van der Waals surface area contributed by atoms with Gasteiger partial charge in [-0.3, -0.25) is 9.59 Å². The van der Waals surface area contributed by atoms with Gasteiger partial charge in [-0.1, -0.05) is 6.42 Å². The number of carbonyl (C=O) groups is 2. The van der Waals surface area contributed by atoms with Crippen LogP contribution in [0.5, 0.6) is 0 Å². The van der Waals surface area contributed by atoms with Gasteiger partial charge in [0, 0.05) is 6.42 Å². The summed E-state index contributed by atoms with van der Waals surface area (Å²) in [5, 5.41) is 0. The number of Topliss-reactive ketones (excluding diaryl/α,β-unsaturated/α-hetero) is 1. The van der Waals surface area contributed by atoms with Crippen molar-refractivity contribution in [3.8, 4) is 0 Å². The topological polar surface area (TPSA) is 43.4 Å². The van der Waals surface area contributed by atoms with E-state index in [1.54, 1.807) is 0 Å². The summed E-state index contributed by atoms with van der Waals surface area (Å²) < 4.78 is 4.70. The molecule has 2 fully saturated rings. The molecule has 0 heterocycles. The van der Waals surface area contributed by atoms with Crippen molar-refractivity contribution in [1.29, 1.82) is 0 Å². The van der Waals surface area contributed by atoms with Gasteiger partial charge in [-0.25, -0.2) is 0 Å². The highest BCUT2D eigenvalue weighted by molar-refractivity contribution is 6.07. The Morgan fingerprint density at radius 3 is 3.00 bits per heavy atom. The van der Waals surface area contributed by atoms with Crippen LogP contribution in [0, 0.1) is 11.3 Å². The summed E-state index contributed by atoms with van der Waals surface area (Å²) in [6, 6.07) is 0. The molecule has 0 aromatic rings. The highest BCUT2D eigenvalue weighted by Crippen LogP contribution is 2.58. The van der Waals surface area contributed by atoms with Gasteiger partial charge in [0.25, 0.3) is 0 Å². The Labute approximate surface area is 77.4 Å². The van der Waals surface area contributed by atoms with E-state index >= 15 is 0 Å². The number of hydrogen-bond acceptors (Lipinski definition) is 3. The van der Waals surface area contributed by atoms with Crippen LogP contribution in [0.15, 0.2) is 0 Å². The first-order valence-electron chi connectivity index (χ1n) is 4.83. The molecule has 2 unspecified atom stereocenters. The van der Waals surface area contributed by atoms with Gasteiger partial charge in [0.2, 0.25) is 0 Å². The zero-order valence-electron chi connectivity index (χ0n) is 7.84. The molecule has 3 heteroatoms. The summed E-state index contributed by atoms with van der Waals surface area (Å²) in [4.78, 5) is 23.1. The Morgan fingerprint density at radius 1 is 1.54 bits per heavy atom. The fourth-order valence-electron chi connectivity index (χ4n) is 2.47. The van der Waals surface area contributed by atoms with Crippen LogP contribution in [-0.4, -0.2) is 18.9 Å². The zero-order chi connectivity index (χ0) is 9.47. The normalized spacial score (nSPS) is 37.6. The Morgan fingerprint density at radius 2 is 2.31 bits per heavy atom. The number of methoxy groups -OCH3 is 1. The van der Waals surface area contributed by atoms with Crippen LogP contribution in [0.2, 0.25) is 0 Å². The van der Waals surface area contributed by atoms with Crippen molar-refractivity contribution in [3.05, 3.63) is 0 Å². The molecule has 0 saturated heterocycles. The van der Waals surface area contributed by atoms with Crippen molar-refractivity contribution in [2.75, 3.05) is 7.11 Å². The second kappa shape index (κ2) is 2.82. The average Bonchev–Trinajstić information content (AvgIpc) is 2.86. The van der Waals surface area contributed by atoms with E-state index in [4.69, 9.17) is 4.74 Å². The Bertz CT molecular complexity index is 259. The molecule has 0 amide bonds. The van der Waals surface area contributed by atoms with Crippen LogP contribution in [-0.2, 0) is 14.3 Å². The van der Waals surface area contributed by atoms with Gasteiger partial charge >= 0.3 is 5.97 Å². The molecule has 2 aliphatic rings. The van der Waals surface area contributed by atoms with Crippen molar-refractivity contribution in [1.82, 2.24) is 0 Å². The van der Waals surface area contributed by atoms with Gasteiger partial charge in [0.05, 0.1) is 7.11 Å². The van der Waals surface area contributed by atoms with E-state index in [0.29, 0.717) is 6.42 Å². The van der Waals surface area contributed by atoms with Crippen LogP contribution in [0.25, 0.3) is 0 Å². The zero-order valence-corrected chi connectivity index (χ0v) is 7.84. The summed E-state index contributed by atoms with van der Waals surface area (Å²) in [7, 11) is 1.37. The third kappa shape index (κ3) is 1.10. The summed E-state index contributed by atoms with van der Waals surface area (Å²) >= 11 is 0. The van der Waals surface area contributed by atoms with Crippen LogP contribution in [0.1, 0.15) is 32.1 Å². The van der Waals surface area contributed by atoms with Gasteiger partial charge in [-0.2, -0.15) is 0 Å². The van der Waals surface area contributed by atoms with Gasteiger partial charge in [-0.05, 0) is 25.2 Å². The standard InChI is InChI=1S/C10H14O3/c1-13-9(12)10-6-7(10)4-2-3-5-8(10)11/h7H,2-6H2,1H3. The molecule has 3 nitrogen and oxygen atoms in total. The molecule has 0 spiro atoms. The van der Waals surface area contributed by atoms with E-state index in [-0.39, 0.29) is 17.7 Å². The SMILES string of the molecule is COC(=O)C12CC1CCCCC2=O. The van der Waals surface area contributed by atoms with Crippen LogP contribution >= 0.6 is 0 Å². The smallest absolute Gasteiger partial charge is 0.319 e. The highest BCUT2D eigenvalue weighted by atomic mass is 16.5. The third-order valence-electron chi connectivity index (χ3n) is 3.36. The van der Waals surface area contributed by atoms with Crippen molar-refractivity contribution >= 4 is 11.8 Å². The summed E-state index contributed by atoms with van der Waals surface area (Å²) in [6.07, 6.45) is 4.33. The van der Waals surface area contributed by atoms with E-state index in [2.05, 4.69) is 0 Å². The molecule has 0 aromatic heterocycles. The maximum atomic E-state index is 11.7. The minimum absolute atomic E-state index is 0.113. The van der Waals surface area contributed by atoms with E-state index in [1.807, 2.05) is 0 Å². The predicted molar refractivity (Wildman–Crippen MR) is 46.0 cm³/mol. The monoisotopic (exact) mass is 182 g/mol. The van der Waals surface area contributed by atoms with Crippen molar-refractivity contribution < 1.29 is 14.3 Å². The van der Waals surface area contributed by atoms with Crippen LogP contribution in [0.3, 0.4) is 0 Å². The Hall–Kier alpha value is -0.860. The van der Waals surface area contributed by atoms with Crippen LogP contribution in [0.4, 0.5) is 0 Å². The predicted octanol–water partition coefficient (Wildman–Crippen LogP) is 1.31. The molecular weight excluding hydrogens is 168 g/mol. The van der Waals surface area contributed by atoms with Gasteiger partial charge < -0.3 is 4.74 Å². The fourth-order valence-corrected chi connectivity index (χ4v) is 2.47. The summed E-state index contributed by atoms with van der Waals surface area (Å²) in [5.41, 5.74) is -0.703. The Kier molecular flexibility index (Phi) is 1.90. The molecule has 0 aromatic carbocycles. The number of hydrogen-bond donors (Lipinski definition) is 0. The van der Waals surface area contributed by atoms with E-state index in [0.717, 1.165) is 25.7 Å². The number of esters is 1. The molecule has 0 aliphatic heterocycles. The lowest BCUT2D eigenvalue weighted by molar-refractivity contribution is -0.152. The first-order chi connectivity index (χ1) is 6.21. The third-order valence-corrected chi connectivity index (χ3v) is 3.36. The molecule has 0 bridgehead atoms. The van der Waals surface area contributed by atoms with E-state index < -0.39 is 5.41 Å². The number of carbonyl (C=O) groups excluding carboxylic acids is 2. The van der Waals surface area contributed by atoms with E-state index in [1.165, 1.54) is 7.11 Å². The highest BCUT2D eigenvalue weighted by Gasteiger charge is 2.65. The summed E-state index contributed by atoms with van der Waals surface area (Å²) in [5.74, 6) is 0.0983. The van der Waals surface area contributed by atoms with Gasteiger partial charge in [0.15, 0.2) is 0 Å². The fraction of sp³-hybridized carbons (Fsp3) is 0.800. The molecule has 2 aliphatic carbocycles. The first kappa shape index (κ1) is 8.73. The number of fused-ring (bicyclic) bond motifs is 1. The summed E-state index contributed by atoms with van der Waals surface area (Å²) in [6.45, 7) is 0. The van der Waals surface area contributed by atoms with Gasteiger partial charge in [-0.15, -0.1) is 0 Å². The molecule has 2 rings (SSSR count). The number of rotatable bonds is 1. The maximum absolute atomic E-state index is 11.7. The molecule has 13 heavy (non-hydrogen) atoms. The lowest BCUT2D eigenvalue weighted by Gasteiger charge is -2.10. The molecule has 2 saturated carbocycles. The molecule has 0 N–H and O–H groups in total. The van der Waals surface area contributed by atoms with Crippen molar-refractivity contribution in [2.45, 2.75) is 32.1 Å². The molecular formula is C10H14O3. The number of ether oxygens (including phenoxy) is 1. The molecule has 72 valence electrons.